The standard InChI is InChI=1S/C21H21N3O3/c1-14-8-10-15(11-9-14)21(25)24-12-4-7-18(24)20-22-19(23-27-20)16-5-3-6-17(13-16)26-2/h3,5-6,8-11,13,18H,4,7,12H2,1-2H3/t18-/m0/s1. The molecule has 138 valence electrons. The van der Waals surface area contributed by atoms with E-state index < -0.39 is 0 Å². The van der Waals surface area contributed by atoms with Crippen LogP contribution in [0.4, 0.5) is 0 Å². The Morgan fingerprint density at radius 2 is 2.04 bits per heavy atom. The van der Waals surface area contributed by atoms with E-state index in [2.05, 4.69) is 10.1 Å². The molecule has 1 saturated heterocycles. The maximum atomic E-state index is 12.9. The number of carbonyl (C=O) groups excluding carboxylic acids is 1. The predicted molar refractivity (Wildman–Crippen MR) is 100 cm³/mol. The minimum absolute atomic E-state index is 0.00127. The average molecular weight is 363 g/mol. The molecule has 0 aliphatic carbocycles. The summed E-state index contributed by atoms with van der Waals surface area (Å²) in [6.45, 7) is 2.69. The highest BCUT2D eigenvalue weighted by atomic mass is 16.5. The van der Waals surface area contributed by atoms with Gasteiger partial charge < -0.3 is 14.2 Å². The second-order valence-electron chi connectivity index (χ2n) is 6.71. The van der Waals surface area contributed by atoms with Crippen LogP contribution in [0.1, 0.15) is 40.7 Å². The lowest BCUT2D eigenvalue weighted by atomic mass is 10.1. The highest BCUT2D eigenvalue weighted by molar-refractivity contribution is 5.94. The first kappa shape index (κ1) is 17.3. The molecule has 0 spiro atoms. The van der Waals surface area contributed by atoms with E-state index in [0.29, 0.717) is 23.8 Å². The number of hydrogen-bond acceptors (Lipinski definition) is 5. The molecular formula is C21H21N3O3. The van der Waals surface area contributed by atoms with Crippen LogP contribution < -0.4 is 4.74 Å². The van der Waals surface area contributed by atoms with Crippen molar-refractivity contribution >= 4 is 5.91 Å². The van der Waals surface area contributed by atoms with E-state index in [1.807, 2.05) is 60.4 Å². The lowest BCUT2D eigenvalue weighted by Crippen LogP contribution is -2.30. The Morgan fingerprint density at radius 3 is 2.81 bits per heavy atom. The molecule has 3 aromatic rings. The van der Waals surface area contributed by atoms with Crippen LogP contribution in [0.5, 0.6) is 5.75 Å². The molecule has 0 unspecified atom stereocenters. The molecule has 0 saturated carbocycles. The van der Waals surface area contributed by atoms with Crippen LogP contribution in [0.15, 0.2) is 53.1 Å². The van der Waals surface area contributed by atoms with E-state index in [0.717, 1.165) is 29.7 Å². The summed E-state index contributed by atoms with van der Waals surface area (Å²) in [5.41, 5.74) is 2.63. The molecule has 1 amide bonds. The molecule has 1 fully saturated rings. The van der Waals surface area contributed by atoms with Gasteiger partial charge in [0.1, 0.15) is 11.8 Å². The molecule has 1 aliphatic heterocycles. The summed E-state index contributed by atoms with van der Waals surface area (Å²) in [5, 5.41) is 4.10. The van der Waals surface area contributed by atoms with Crippen molar-refractivity contribution in [2.24, 2.45) is 0 Å². The van der Waals surface area contributed by atoms with Crippen molar-refractivity contribution in [3.05, 3.63) is 65.5 Å². The Bertz CT molecular complexity index is 949. The van der Waals surface area contributed by atoms with E-state index in [-0.39, 0.29) is 11.9 Å². The third-order valence-corrected chi connectivity index (χ3v) is 4.87. The molecular weight excluding hydrogens is 342 g/mol. The van der Waals surface area contributed by atoms with Crippen molar-refractivity contribution < 1.29 is 14.1 Å². The van der Waals surface area contributed by atoms with Gasteiger partial charge in [0.25, 0.3) is 5.91 Å². The van der Waals surface area contributed by atoms with Gasteiger partial charge >= 0.3 is 0 Å². The van der Waals surface area contributed by atoms with Gasteiger partial charge in [-0.1, -0.05) is 35.0 Å². The first-order valence-corrected chi connectivity index (χ1v) is 9.01. The molecule has 6 nitrogen and oxygen atoms in total. The summed E-state index contributed by atoms with van der Waals surface area (Å²) < 4.78 is 10.8. The number of likely N-dealkylation sites (tertiary alicyclic amines) is 1. The number of benzene rings is 2. The largest absolute Gasteiger partial charge is 0.497 e. The predicted octanol–water partition coefficient (Wildman–Crippen LogP) is 4.03. The first-order chi connectivity index (χ1) is 13.2. The lowest BCUT2D eigenvalue weighted by Gasteiger charge is -2.22. The maximum Gasteiger partial charge on any atom is 0.254 e. The quantitative estimate of drug-likeness (QED) is 0.700. The zero-order chi connectivity index (χ0) is 18.8. The number of methoxy groups -OCH3 is 1. The second-order valence-corrected chi connectivity index (χ2v) is 6.71. The van der Waals surface area contributed by atoms with Crippen LogP contribution >= 0.6 is 0 Å². The summed E-state index contributed by atoms with van der Waals surface area (Å²) in [4.78, 5) is 19.3. The third-order valence-electron chi connectivity index (χ3n) is 4.87. The molecule has 27 heavy (non-hydrogen) atoms. The van der Waals surface area contributed by atoms with E-state index in [4.69, 9.17) is 9.26 Å². The molecule has 1 aromatic heterocycles. The summed E-state index contributed by atoms with van der Waals surface area (Å²) >= 11 is 0. The molecule has 1 atom stereocenters. The number of nitrogens with zero attached hydrogens (tertiary/aromatic N) is 3. The Labute approximate surface area is 157 Å². The number of amides is 1. The Kier molecular flexibility index (Phi) is 4.62. The Hall–Kier alpha value is -3.15. The zero-order valence-corrected chi connectivity index (χ0v) is 15.4. The molecule has 2 heterocycles. The van der Waals surface area contributed by atoms with Crippen molar-refractivity contribution in [2.45, 2.75) is 25.8 Å². The zero-order valence-electron chi connectivity index (χ0n) is 15.4. The maximum absolute atomic E-state index is 12.9. The van der Waals surface area contributed by atoms with Gasteiger partial charge in [0.2, 0.25) is 11.7 Å². The van der Waals surface area contributed by atoms with Crippen molar-refractivity contribution in [3.63, 3.8) is 0 Å². The van der Waals surface area contributed by atoms with Crippen molar-refractivity contribution in [3.8, 4) is 17.1 Å². The van der Waals surface area contributed by atoms with Gasteiger partial charge in [-0.2, -0.15) is 4.98 Å². The molecule has 0 radical (unpaired) electrons. The number of carbonyl (C=O) groups is 1. The molecule has 1 aliphatic rings. The number of aryl methyl sites for hydroxylation is 1. The van der Waals surface area contributed by atoms with E-state index in [1.54, 1.807) is 7.11 Å². The third kappa shape index (κ3) is 3.43. The lowest BCUT2D eigenvalue weighted by molar-refractivity contribution is 0.0710. The minimum atomic E-state index is -0.189. The van der Waals surface area contributed by atoms with Crippen LogP contribution in [0.3, 0.4) is 0 Å². The Morgan fingerprint density at radius 1 is 1.22 bits per heavy atom. The molecule has 2 aromatic carbocycles. The first-order valence-electron chi connectivity index (χ1n) is 9.01. The topological polar surface area (TPSA) is 68.5 Å². The molecule has 0 bridgehead atoms. The van der Waals surface area contributed by atoms with Gasteiger partial charge in [0, 0.05) is 17.7 Å². The van der Waals surface area contributed by atoms with Crippen molar-refractivity contribution in [1.82, 2.24) is 15.0 Å². The van der Waals surface area contributed by atoms with Gasteiger partial charge in [0.05, 0.1) is 7.11 Å². The fourth-order valence-electron chi connectivity index (χ4n) is 3.38. The highest BCUT2D eigenvalue weighted by Crippen LogP contribution is 2.33. The average Bonchev–Trinajstić information content (AvgIpc) is 3.37. The summed E-state index contributed by atoms with van der Waals surface area (Å²) in [6, 6.07) is 14.9. The summed E-state index contributed by atoms with van der Waals surface area (Å²) in [7, 11) is 1.62. The summed E-state index contributed by atoms with van der Waals surface area (Å²) in [5.74, 6) is 1.71. The minimum Gasteiger partial charge on any atom is -0.497 e. The van der Waals surface area contributed by atoms with E-state index >= 15 is 0 Å². The van der Waals surface area contributed by atoms with Gasteiger partial charge in [-0.15, -0.1) is 0 Å². The van der Waals surface area contributed by atoms with Gasteiger partial charge in [-0.3, -0.25) is 4.79 Å². The number of aromatic nitrogens is 2. The highest BCUT2D eigenvalue weighted by Gasteiger charge is 2.34. The monoisotopic (exact) mass is 363 g/mol. The number of ether oxygens (including phenoxy) is 1. The van der Waals surface area contributed by atoms with Crippen LogP contribution in [0, 0.1) is 6.92 Å². The molecule has 4 rings (SSSR count). The number of rotatable bonds is 4. The van der Waals surface area contributed by atoms with Crippen molar-refractivity contribution in [2.75, 3.05) is 13.7 Å². The normalized spacial score (nSPS) is 16.5. The smallest absolute Gasteiger partial charge is 0.254 e. The van der Waals surface area contributed by atoms with Gasteiger partial charge in [-0.25, -0.2) is 0 Å². The van der Waals surface area contributed by atoms with Gasteiger partial charge in [0.15, 0.2) is 0 Å². The van der Waals surface area contributed by atoms with Crippen LogP contribution in [0.2, 0.25) is 0 Å². The molecule has 0 N–H and O–H groups in total. The second kappa shape index (κ2) is 7.23. The SMILES string of the molecule is COc1cccc(-c2noc([C@@H]3CCCN3C(=O)c3ccc(C)cc3)n2)c1. The van der Waals surface area contributed by atoms with Crippen LogP contribution in [-0.4, -0.2) is 34.6 Å². The fourth-order valence-corrected chi connectivity index (χ4v) is 3.38. The van der Waals surface area contributed by atoms with Gasteiger partial charge in [-0.05, 0) is 44.0 Å². The van der Waals surface area contributed by atoms with E-state index in [1.165, 1.54) is 0 Å². The number of hydrogen-bond donors (Lipinski definition) is 0. The van der Waals surface area contributed by atoms with Crippen LogP contribution in [-0.2, 0) is 0 Å². The van der Waals surface area contributed by atoms with E-state index in [9.17, 15) is 4.79 Å². The van der Waals surface area contributed by atoms with Crippen LogP contribution in [0.25, 0.3) is 11.4 Å². The fraction of sp³-hybridized carbons (Fsp3) is 0.286. The summed E-state index contributed by atoms with van der Waals surface area (Å²) in [6.07, 6.45) is 1.73. The Balaban J connectivity index is 1.58. The molecule has 6 heteroatoms. The van der Waals surface area contributed by atoms with Crippen molar-refractivity contribution in [1.29, 1.82) is 0 Å².